The zero-order valence-electron chi connectivity index (χ0n) is 20.9. The summed E-state index contributed by atoms with van der Waals surface area (Å²) in [7, 11) is 3.26. The molecule has 1 amide bonds. The maximum absolute atomic E-state index is 12.4. The van der Waals surface area contributed by atoms with E-state index in [1.54, 1.807) is 38.5 Å². The first-order valence-corrected chi connectivity index (χ1v) is 12.3. The number of hydrogen-bond donors (Lipinski definition) is 1. The topological polar surface area (TPSA) is 74.6 Å². The second-order valence-electron chi connectivity index (χ2n) is 8.49. The molecule has 188 valence electrons. The number of benzene rings is 3. The van der Waals surface area contributed by atoms with Gasteiger partial charge in [0.25, 0.3) is 5.91 Å². The van der Waals surface area contributed by atoms with E-state index >= 15 is 0 Å². The molecule has 0 fully saturated rings. The van der Waals surface area contributed by atoms with Crippen LogP contribution in [0, 0.1) is 0 Å². The lowest BCUT2D eigenvalue weighted by Gasteiger charge is -2.11. The number of amides is 1. The highest BCUT2D eigenvalue weighted by molar-refractivity contribution is 5.94. The van der Waals surface area contributed by atoms with Crippen LogP contribution in [0.2, 0.25) is 0 Å². The Morgan fingerprint density at radius 2 is 1.64 bits per heavy atom. The van der Waals surface area contributed by atoms with E-state index in [4.69, 9.17) is 19.2 Å². The standard InChI is InChI=1S/C29H33N3O4/c1-34-23-16-14-22(15-17-23)29(33)30-18-8-13-28-31-26-11-3-4-12-27(26)32(28)19-5-6-20-36-25-10-7-9-24(21-25)35-2/h3-4,7,9-12,14-17,21H,5-6,8,13,18-20H2,1-2H3,(H,30,33). The van der Waals surface area contributed by atoms with Crippen molar-refractivity contribution in [2.45, 2.75) is 32.2 Å². The fourth-order valence-electron chi connectivity index (χ4n) is 4.11. The molecule has 0 aliphatic carbocycles. The van der Waals surface area contributed by atoms with Crippen molar-refractivity contribution >= 4 is 16.9 Å². The molecule has 7 heteroatoms. The number of imidazole rings is 1. The van der Waals surface area contributed by atoms with Gasteiger partial charge in [-0.1, -0.05) is 18.2 Å². The summed E-state index contributed by atoms with van der Waals surface area (Å²) in [6.45, 7) is 2.10. The third-order valence-corrected chi connectivity index (χ3v) is 6.03. The smallest absolute Gasteiger partial charge is 0.251 e. The van der Waals surface area contributed by atoms with E-state index in [2.05, 4.69) is 16.0 Å². The third kappa shape index (κ3) is 6.56. The minimum absolute atomic E-state index is 0.0813. The van der Waals surface area contributed by atoms with Crippen LogP contribution in [0.4, 0.5) is 0 Å². The second kappa shape index (κ2) is 12.6. The summed E-state index contributed by atoms with van der Waals surface area (Å²) >= 11 is 0. The van der Waals surface area contributed by atoms with Crippen LogP contribution in [-0.4, -0.2) is 42.8 Å². The lowest BCUT2D eigenvalue weighted by atomic mass is 10.2. The summed E-state index contributed by atoms with van der Waals surface area (Å²) in [5.41, 5.74) is 2.77. The Morgan fingerprint density at radius 1 is 0.861 bits per heavy atom. The average molecular weight is 488 g/mol. The molecule has 1 N–H and O–H groups in total. The predicted octanol–water partition coefficient (Wildman–Crippen LogP) is 5.28. The molecule has 0 radical (unpaired) electrons. The summed E-state index contributed by atoms with van der Waals surface area (Å²) in [5, 5.41) is 3.00. The van der Waals surface area contributed by atoms with Crippen LogP contribution >= 0.6 is 0 Å². The second-order valence-corrected chi connectivity index (χ2v) is 8.49. The van der Waals surface area contributed by atoms with Crippen molar-refractivity contribution in [3.63, 3.8) is 0 Å². The first-order valence-electron chi connectivity index (χ1n) is 12.3. The van der Waals surface area contributed by atoms with Crippen molar-refractivity contribution in [3.05, 3.63) is 84.2 Å². The zero-order chi connectivity index (χ0) is 25.2. The molecule has 0 bridgehead atoms. The molecule has 4 rings (SSSR count). The number of fused-ring (bicyclic) bond motifs is 1. The lowest BCUT2D eigenvalue weighted by molar-refractivity contribution is 0.0953. The number of rotatable bonds is 13. The van der Waals surface area contributed by atoms with Crippen LogP contribution < -0.4 is 19.5 Å². The monoisotopic (exact) mass is 487 g/mol. The molecule has 0 aliphatic heterocycles. The van der Waals surface area contributed by atoms with E-state index in [-0.39, 0.29) is 5.91 Å². The number of methoxy groups -OCH3 is 2. The Bertz CT molecular complexity index is 1270. The highest BCUT2D eigenvalue weighted by Gasteiger charge is 2.11. The minimum atomic E-state index is -0.0813. The van der Waals surface area contributed by atoms with Gasteiger partial charge in [-0.15, -0.1) is 0 Å². The third-order valence-electron chi connectivity index (χ3n) is 6.03. The molecular formula is C29H33N3O4. The van der Waals surface area contributed by atoms with Crippen molar-refractivity contribution < 1.29 is 19.0 Å². The number of unbranched alkanes of at least 4 members (excludes halogenated alkanes) is 1. The quantitative estimate of drug-likeness (QED) is 0.260. The van der Waals surface area contributed by atoms with E-state index in [0.717, 1.165) is 66.3 Å². The maximum atomic E-state index is 12.4. The van der Waals surface area contributed by atoms with Crippen molar-refractivity contribution in [2.75, 3.05) is 27.4 Å². The highest BCUT2D eigenvalue weighted by Crippen LogP contribution is 2.20. The minimum Gasteiger partial charge on any atom is -0.497 e. The number of aromatic nitrogens is 2. The van der Waals surface area contributed by atoms with Gasteiger partial charge in [0, 0.05) is 31.1 Å². The van der Waals surface area contributed by atoms with Crippen LogP contribution in [0.5, 0.6) is 17.2 Å². The van der Waals surface area contributed by atoms with Crippen LogP contribution in [0.15, 0.2) is 72.8 Å². The van der Waals surface area contributed by atoms with Gasteiger partial charge in [-0.3, -0.25) is 4.79 Å². The van der Waals surface area contributed by atoms with E-state index in [9.17, 15) is 4.79 Å². The van der Waals surface area contributed by atoms with E-state index < -0.39 is 0 Å². The van der Waals surface area contributed by atoms with Crippen LogP contribution in [0.1, 0.15) is 35.4 Å². The average Bonchev–Trinajstić information content (AvgIpc) is 3.28. The Balaban J connectivity index is 1.28. The van der Waals surface area contributed by atoms with Gasteiger partial charge in [0.15, 0.2) is 0 Å². The number of nitrogens with zero attached hydrogens (tertiary/aromatic N) is 2. The lowest BCUT2D eigenvalue weighted by Crippen LogP contribution is -2.25. The maximum Gasteiger partial charge on any atom is 0.251 e. The highest BCUT2D eigenvalue weighted by atomic mass is 16.5. The molecule has 0 saturated carbocycles. The molecule has 1 aromatic heterocycles. The van der Waals surface area contributed by atoms with E-state index in [0.29, 0.717) is 18.7 Å². The molecule has 36 heavy (non-hydrogen) atoms. The molecule has 0 saturated heterocycles. The summed E-state index contributed by atoms with van der Waals surface area (Å²) in [6.07, 6.45) is 3.51. The summed E-state index contributed by atoms with van der Waals surface area (Å²) in [4.78, 5) is 17.3. The Hall–Kier alpha value is -4.00. The molecule has 4 aromatic rings. The van der Waals surface area contributed by atoms with Crippen molar-refractivity contribution in [3.8, 4) is 17.2 Å². The van der Waals surface area contributed by atoms with Crippen molar-refractivity contribution in [1.82, 2.24) is 14.9 Å². The number of aryl methyl sites for hydroxylation is 2. The molecule has 0 unspecified atom stereocenters. The molecule has 0 atom stereocenters. The van der Waals surface area contributed by atoms with Crippen LogP contribution in [0.3, 0.4) is 0 Å². The van der Waals surface area contributed by atoms with Crippen LogP contribution in [-0.2, 0) is 13.0 Å². The normalized spacial score (nSPS) is 10.8. The van der Waals surface area contributed by atoms with Gasteiger partial charge in [0.2, 0.25) is 0 Å². The molecule has 0 aliphatic rings. The van der Waals surface area contributed by atoms with E-state index in [1.165, 1.54) is 0 Å². The summed E-state index contributed by atoms with van der Waals surface area (Å²) in [5.74, 6) is 3.31. The SMILES string of the molecule is COc1ccc(C(=O)NCCCc2nc3ccccc3n2CCCCOc2cccc(OC)c2)cc1. The zero-order valence-corrected chi connectivity index (χ0v) is 20.9. The summed E-state index contributed by atoms with van der Waals surface area (Å²) in [6, 6.07) is 23.0. The Kier molecular flexibility index (Phi) is 8.81. The van der Waals surface area contributed by atoms with Crippen molar-refractivity contribution in [1.29, 1.82) is 0 Å². The number of carbonyl (C=O) groups excluding carboxylic acids is 1. The van der Waals surface area contributed by atoms with E-state index in [1.807, 2.05) is 42.5 Å². The van der Waals surface area contributed by atoms with Gasteiger partial charge in [0.1, 0.15) is 23.1 Å². The molecule has 3 aromatic carbocycles. The summed E-state index contributed by atoms with van der Waals surface area (Å²) < 4.78 is 18.6. The first-order chi connectivity index (χ1) is 17.7. The molecular weight excluding hydrogens is 454 g/mol. The van der Waals surface area contributed by atoms with Crippen molar-refractivity contribution in [2.24, 2.45) is 0 Å². The largest absolute Gasteiger partial charge is 0.497 e. The molecule has 0 spiro atoms. The number of para-hydroxylation sites is 2. The Morgan fingerprint density at radius 3 is 2.44 bits per heavy atom. The number of ether oxygens (including phenoxy) is 3. The van der Waals surface area contributed by atoms with Gasteiger partial charge >= 0.3 is 0 Å². The molecule has 7 nitrogen and oxygen atoms in total. The van der Waals surface area contributed by atoms with Gasteiger partial charge in [-0.2, -0.15) is 0 Å². The number of hydrogen-bond acceptors (Lipinski definition) is 5. The number of carbonyl (C=O) groups is 1. The van der Waals surface area contributed by atoms with Gasteiger partial charge in [-0.05, 0) is 67.8 Å². The van der Waals surface area contributed by atoms with Gasteiger partial charge in [-0.25, -0.2) is 4.98 Å². The Labute approximate surface area is 212 Å². The predicted molar refractivity (Wildman–Crippen MR) is 141 cm³/mol. The van der Waals surface area contributed by atoms with Gasteiger partial charge < -0.3 is 24.1 Å². The first kappa shape index (κ1) is 25.1. The molecule has 1 heterocycles. The number of nitrogens with one attached hydrogen (secondary N) is 1. The fraction of sp³-hybridized carbons (Fsp3) is 0.310. The fourth-order valence-corrected chi connectivity index (χ4v) is 4.11. The van der Waals surface area contributed by atoms with Crippen LogP contribution in [0.25, 0.3) is 11.0 Å². The van der Waals surface area contributed by atoms with Gasteiger partial charge in [0.05, 0.1) is 31.9 Å².